The summed E-state index contributed by atoms with van der Waals surface area (Å²) in [6.07, 6.45) is 0.784. The van der Waals surface area contributed by atoms with Crippen molar-refractivity contribution in [1.29, 1.82) is 0 Å². The summed E-state index contributed by atoms with van der Waals surface area (Å²) in [5.74, 6) is 1.61. The maximum Gasteiger partial charge on any atom is 0.127 e. The summed E-state index contributed by atoms with van der Waals surface area (Å²) in [6, 6.07) is 6.03. The molecule has 0 amide bonds. The van der Waals surface area contributed by atoms with Crippen LogP contribution in [-0.4, -0.2) is 32.5 Å². The second kappa shape index (κ2) is 7.50. The van der Waals surface area contributed by atoms with Crippen molar-refractivity contribution < 1.29 is 14.6 Å². The summed E-state index contributed by atoms with van der Waals surface area (Å²) in [6.45, 7) is 7.46. The van der Waals surface area contributed by atoms with Crippen LogP contribution >= 0.6 is 0 Å². The number of aliphatic hydroxyl groups excluding tert-OH is 1. The lowest BCUT2D eigenvalue weighted by Crippen LogP contribution is -2.32. The number of benzene rings is 1. The Bertz CT molecular complexity index is 418. The number of hydrogen-bond acceptors (Lipinski definition) is 4. The Morgan fingerprint density at radius 2 is 1.95 bits per heavy atom. The van der Waals surface area contributed by atoms with E-state index in [0.717, 1.165) is 30.0 Å². The number of nitrogens with one attached hydrogen (secondary N) is 1. The lowest BCUT2D eigenvalue weighted by molar-refractivity contribution is 0.203. The van der Waals surface area contributed by atoms with Crippen LogP contribution in [0.3, 0.4) is 0 Å². The van der Waals surface area contributed by atoms with Crippen molar-refractivity contribution in [2.24, 2.45) is 5.41 Å². The van der Waals surface area contributed by atoms with Crippen molar-refractivity contribution in [3.63, 3.8) is 0 Å². The molecule has 20 heavy (non-hydrogen) atoms. The Kier molecular flexibility index (Phi) is 6.30. The van der Waals surface area contributed by atoms with Crippen LogP contribution in [0.25, 0.3) is 0 Å². The summed E-state index contributed by atoms with van der Waals surface area (Å²) in [5, 5.41) is 12.6. The van der Waals surface area contributed by atoms with Crippen molar-refractivity contribution >= 4 is 0 Å². The van der Waals surface area contributed by atoms with Gasteiger partial charge in [0.05, 0.1) is 14.2 Å². The first-order valence-corrected chi connectivity index (χ1v) is 6.99. The molecule has 0 aliphatic heterocycles. The van der Waals surface area contributed by atoms with Gasteiger partial charge in [-0.05, 0) is 24.8 Å². The normalized spacial score (nSPS) is 13.1. The van der Waals surface area contributed by atoms with E-state index in [-0.39, 0.29) is 18.1 Å². The van der Waals surface area contributed by atoms with Gasteiger partial charge in [0.1, 0.15) is 11.5 Å². The summed E-state index contributed by atoms with van der Waals surface area (Å²) >= 11 is 0. The van der Waals surface area contributed by atoms with Crippen molar-refractivity contribution in [3.05, 3.63) is 23.8 Å². The third-order valence-electron chi connectivity index (χ3n) is 3.58. The fraction of sp³-hybridized carbons (Fsp3) is 0.625. The molecule has 114 valence electrons. The number of rotatable bonds is 8. The monoisotopic (exact) mass is 281 g/mol. The standard InChI is InChI=1S/C16H27NO3/c1-12(17-11-16(2,3)8-9-18)14-7-6-13(19-4)10-15(14)20-5/h6-7,10,12,17-18H,8-9,11H2,1-5H3. The predicted molar refractivity (Wildman–Crippen MR) is 81.4 cm³/mol. The van der Waals surface area contributed by atoms with Crippen LogP contribution in [0.5, 0.6) is 11.5 Å². The minimum atomic E-state index is 0.0721. The molecule has 0 spiro atoms. The molecule has 4 heteroatoms. The average molecular weight is 281 g/mol. The summed E-state index contributed by atoms with van der Waals surface area (Å²) < 4.78 is 10.6. The SMILES string of the molecule is COc1ccc(C(C)NCC(C)(C)CCO)c(OC)c1. The molecule has 0 saturated carbocycles. The molecule has 0 aliphatic carbocycles. The fourth-order valence-corrected chi connectivity index (χ4v) is 2.11. The highest BCUT2D eigenvalue weighted by atomic mass is 16.5. The maximum atomic E-state index is 9.06. The molecule has 0 saturated heterocycles. The highest BCUT2D eigenvalue weighted by molar-refractivity contribution is 5.42. The fourth-order valence-electron chi connectivity index (χ4n) is 2.11. The Hall–Kier alpha value is -1.26. The van der Waals surface area contributed by atoms with E-state index < -0.39 is 0 Å². The lowest BCUT2D eigenvalue weighted by atomic mass is 9.89. The van der Waals surface area contributed by atoms with Gasteiger partial charge < -0.3 is 19.9 Å². The second-order valence-corrected chi connectivity index (χ2v) is 5.85. The molecule has 1 unspecified atom stereocenters. The molecule has 0 aliphatic rings. The highest BCUT2D eigenvalue weighted by Crippen LogP contribution is 2.30. The van der Waals surface area contributed by atoms with E-state index in [0.29, 0.717) is 0 Å². The van der Waals surface area contributed by atoms with Gasteiger partial charge in [0, 0.05) is 30.8 Å². The van der Waals surface area contributed by atoms with Crippen LogP contribution in [0, 0.1) is 5.41 Å². The summed E-state index contributed by atoms with van der Waals surface area (Å²) in [7, 11) is 3.31. The highest BCUT2D eigenvalue weighted by Gasteiger charge is 2.19. The van der Waals surface area contributed by atoms with Gasteiger partial charge in [-0.1, -0.05) is 19.9 Å². The van der Waals surface area contributed by atoms with Gasteiger partial charge in [-0.25, -0.2) is 0 Å². The number of methoxy groups -OCH3 is 2. The third-order valence-corrected chi connectivity index (χ3v) is 3.58. The Balaban J connectivity index is 2.74. The third kappa shape index (κ3) is 4.69. The first-order chi connectivity index (χ1) is 9.43. The van der Waals surface area contributed by atoms with Gasteiger partial charge in [-0.3, -0.25) is 0 Å². The largest absolute Gasteiger partial charge is 0.497 e. The molecule has 0 radical (unpaired) electrons. The molecule has 1 atom stereocenters. The van der Waals surface area contributed by atoms with Crippen LogP contribution in [0.2, 0.25) is 0 Å². The van der Waals surface area contributed by atoms with Crippen LogP contribution in [0.1, 0.15) is 38.8 Å². The molecule has 0 heterocycles. The Morgan fingerprint density at radius 3 is 2.50 bits per heavy atom. The molecule has 1 aromatic carbocycles. The molecule has 0 aromatic heterocycles. The van der Waals surface area contributed by atoms with Gasteiger partial charge in [0.25, 0.3) is 0 Å². The lowest BCUT2D eigenvalue weighted by Gasteiger charge is -2.27. The molecule has 1 aromatic rings. The van der Waals surface area contributed by atoms with E-state index in [9.17, 15) is 0 Å². The molecule has 1 rings (SSSR count). The maximum absolute atomic E-state index is 9.06. The zero-order valence-corrected chi connectivity index (χ0v) is 13.2. The van der Waals surface area contributed by atoms with E-state index >= 15 is 0 Å². The van der Waals surface area contributed by atoms with Gasteiger partial charge in [-0.2, -0.15) is 0 Å². The molecule has 0 bridgehead atoms. The first kappa shape index (κ1) is 16.8. The zero-order valence-electron chi connectivity index (χ0n) is 13.2. The van der Waals surface area contributed by atoms with Crippen LogP contribution in [0.15, 0.2) is 18.2 Å². The second-order valence-electron chi connectivity index (χ2n) is 5.85. The minimum Gasteiger partial charge on any atom is -0.497 e. The van der Waals surface area contributed by atoms with Gasteiger partial charge >= 0.3 is 0 Å². The smallest absolute Gasteiger partial charge is 0.127 e. The van der Waals surface area contributed by atoms with E-state index in [2.05, 4.69) is 26.1 Å². The Morgan fingerprint density at radius 1 is 1.25 bits per heavy atom. The predicted octanol–water partition coefficient (Wildman–Crippen LogP) is 2.76. The van der Waals surface area contributed by atoms with Gasteiger partial charge in [-0.15, -0.1) is 0 Å². The quantitative estimate of drug-likeness (QED) is 0.769. The minimum absolute atomic E-state index is 0.0721. The van der Waals surface area contributed by atoms with Crippen LogP contribution in [-0.2, 0) is 0 Å². The Labute approximate surface area is 122 Å². The molecule has 2 N–H and O–H groups in total. The first-order valence-electron chi connectivity index (χ1n) is 6.99. The molecular weight excluding hydrogens is 254 g/mol. The van der Waals surface area contributed by atoms with Crippen molar-refractivity contribution in [2.45, 2.75) is 33.2 Å². The van der Waals surface area contributed by atoms with E-state index in [1.54, 1.807) is 14.2 Å². The van der Waals surface area contributed by atoms with Gasteiger partial charge in [0.2, 0.25) is 0 Å². The van der Waals surface area contributed by atoms with E-state index in [1.165, 1.54) is 0 Å². The molecule has 0 fully saturated rings. The molecule has 4 nitrogen and oxygen atoms in total. The number of hydrogen-bond donors (Lipinski definition) is 2. The van der Waals surface area contributed by atoms with Crippen LogP contribution < -0.4 is 14.8 Å². The zero-order chi connectivity index (χ0) is 15.2. The topological polar surface area (TPSA) is 50.7 Å². The molecular formula is C16H27NO3. The number of aliphatic hydroxyl groups is 1. The van der Waals surface area contributed by atoms with E-state index in [1.807, 2.05) is 18.2 Å². The van der Waals surface area contributed by atoms with E-state index in [4.69, 9.17) is 14.6 Å². The summed E-state index contributed by atoms with van der Waals surface area (Å²) in [5.41, 5.74) is 1.18. The van der Waals surface area contributed by atoms with Crippen molar-refractivity contribution in [1.82, 2.24) is 5.32 Å². The van der Waals surface area contributed by atoms with Crippen molar-refractivity contribution in [3.8, 4) is 11.5 Å². The average Bonchev–Trinajstić information content (AvgIpc) is 2.44. The van der Waals surface area contributed by atoms with Gasteiger partial charge in [0.15, 0.2) is 0 Å². The van der Waals surface area contributed by atoms with Crippen LogP contribution in [0.4, 0.5) is 0 Å². The van der Waals surface area contributed by atoms with Crippen molar-refractivity contribution in [2.75, 3.05) is 27.4 Å². The summed E-state index contributed by atoms with van der Waals surface area (Å²) in [4.78, 5) is 0. The number of ether oxygens (including phenoxy) is 2.